The number of carbonyl (C=O) groups excluding carboxylic acids is 1. The molecule has 2 unspecified atom stereocenters. The van der Waals surface area contributed by atoms with Gasteiger partial charge < -0.3 is 14.7 Å². The Bertz CT molecular complexity index is 732. The highest BCUT2D eigenvalue weighted by atomic mass is 16.5. The van der Waals surface area contributed by atoms with E-state index in [0.717, 1.165) is 5.56 Å². The van der Waals surface area contributed by atoms with E-state index in [2.05, 4.69) is 4.98 Å². The minimum atomic E-state index is -1.54. The van der Waals surface area contributed by atoms with E-state index in [1.807, 2.05) is 44.2 Å². The van der Waals surface area contributed by atoms with Crippen molar-refractivity contribution in [1.29, 1.82) is 0 Å². The van der Waals surface area contributed by atoms with Gasteiger partial charge in [-0.05, 0) is 25.0 Å². The zero-order chi connectivity index (χ0) is 16.6. The summed E-state index contributed by atoms with van der Waals surface area (Å²) in [5.41, 5.74) is 1.22. The lowest BCUT2D eigenvalue weighted by Gasteiger charge is -2.44. The predicted octanol–water partition coefficient (Wildman–Crippen LogP) is 2.01. The molecule has 2 atom stereocenters. The first-order chi connectivity index (χ1) is 11.1. The van der Waals surface area contributed by atoms with Gasteiger partial charge in [0.25, 0.3) is 5.91 Å². The van der Waals surface area contributed by atoms with Crippen molar-refractivity contribution in [3.05, 3.63) is 59.4 Å². The predicted molar refractivity (Wildman–Crippen MR) is 87.2 cm³/mol. The van der Waals surface area contributed by atoms with Gasteiger partial charge in [-0.25, -0.2) is 0 Å². The van der Waals surface area contributed by atoms with Crippen LogP contribution in [0.25, 0.3) is 0 Å². The molecule has 2 aromatic rings. The molecule has 2 heterocycles. The van der Waals surface area contributed by atoms with Crippen LogP contribution in [0.3, 0.4) is 0 Å². The molecule has 1 aliphatic rings. The Hall–Kier alpha value is -2.24. The lowest BCUT2D eigenvalue weighted by Crippen LogP contribution is -2.57. The molecule has 1 aromatic carbocycles. The molecule has 0 spiro atoms. The number of aromatic nitrogens is 1. The number of ether oxygens (including phenoxy) is 1. The highest BCUT2D eigenvalue weighted by molar-refractivity contribution is 6.01. The van der Waals surface area contributed by atoms with Crippen molar-refractivity contribution in [1.82, 2.24) is 4.98 Å². The maximum atomic E-state index is 12.9. The Balaban J connectivity index is 2.35. The number of benzene rings is 1. The molecular weight excluding hydrogens is 292 g/mol. The number of methoxy groups -OCH3 is 1. The van der Waals surface area contributed by atoms with Crippen LogP contribution in [0, 0.1) is 6.92 Å². The molecule has 5 heteroatoms. The first-order valence-electron chi connectivity index (χ1n) is 7.62. The molecule has 1 N–H and O–H groups in total. The highest BCUT2D eigenvalue weighted by Crippen LogP contribution is 2.45. The number of anilines is 1. The summed E-state index contributed by atoms with van der Waals surface area (Å²) in [4.78, 5) is 18.7. The minimum Gasteiger partial charge on any atom is -0.377 e. The number of hydrogen-bond acceptors (Lipinski definition) is 4. The second-order valence-corrected chi connectivity index (χ2v) is 5.68. The Morgan fingerprint density at radius 2 is 2.00 bits per heavy atom. The van der Waals surface area contributed by atoms with E-state index < -0.39 is 11.7 Å². The van der Waals surface area contributed by atoms with Gasteiger partial charge >= 0.3 is 0 Å². The van der Waals surface area contributed by atoms with Gasteiger partial charge in [-0.1, -0.05) is 30.3 Å². The van der Waals surface area contributed by atoms with Crippen LogP contribution >= 0.6 is 0 Å². The molecule has 0 saturated heterocycles. The fourth-order valence-corrected chi connectivity index (χ4v) is 3.41. The molecule has 1 aromatic heterocycles. The number of fused-ring (bicyclic) bond motifs is 1. The molecule has 0 saturated carbocycles. The number of rotatable bonds is 3. The monoisotopic (exact) mass is 312 g/mol. The SMILES string of the molecule is CCN1C(=O)C(OC)C(O)(c2ccccc2)c2c(C)cncc21. The molecule has 0 fully saturated rings. The lowest BCUT2D eigenvalue weighted by molar-refractivity contribution is -0.145. The van der Waals surface area contributed by atoms with Crippen molar-refractivity contribution in [2.45, 2.75) is 25.6 Å². The first kappa shape index (κ1) is 15.6. The van der Waals surface area contributed by atoms with Crippen LogP contribution in [0.1, 0.15) is 23.6 Å². The summed E-state index contributed by atoms with van der Waals surface area (Å²) in [6, 6.07) is 9.17. The zero-order valence-electron chi connectivity index (χ0n) is 13.5. The number of carbonyl (C=O) groups is 1. The van der Waals surface area contributed by atoms with Gasteiger partial charge in [-0.2, -0.15) is 0 Å². The smallest absolute Gasteiger partial charge is 0.259 e. The third-order valence-electron chi connectivity index (χ3n) is 4.42. The van der Waals surface area contributed by atoms with Crippen molar-refractivity contribution >= 4 is 11.6 Å². The van der Waals surface area contributed by atoms with Gasteiger partial charge in [0, 0.05) is 25.4 Å². The van der Waals surface area contributed by atoms with Crippen LogP contribution in [-0.2, 0) is 15.1 Å². The highest BCUT2D eigenvalue weighted by Gasteiger charge is 2.52. The second kappa shape index (κ2) is 5.76. The Labute approximate surface area is 135 Å². The maximum Gasteiger partial charge on any atom is 0.259 e. The van der Waals surface area contributed by atoms with Crippen LogP contribution in [0.2, 0.25) is 0 Å². The van der Waals surface area contributed by atoms with E-state index in [9.17, 15) is 9.90 Å². The second-order valence-electron chi connectivity index (χ2n) is 5.68. The van der Waals surface area contributed by atoms with Gasteiger partial charge in [0.1, 0.15) is 0 Å². The summed E-state index contributed by atoms with van der Waals surface area (Å²) in [7, 11) is 1.45. The molecule has 5 nitrogen and oxygen atoms in total. The topological polar surface area (TPSA) is 62.7 Å². The number of amides is 1. The number of hydrogen-bond donors (Lipinski definition) is 1. The summed E-state index contributed by atoms with van der Waals surface area (Å²) in [6.07, 6.45) is 2.32. The van der Waals surface area contributed by atoms with Crippen LogP contribution in [0.4, 0.5) is 5.69 Å². The van der Waals surface area contributed by atoms with Crippen LogP contribution < -0.4 is 4.90 Å². The molecule has 0 bridgehead atoms. The normalized spacial score (nSPS) is 23.7. The fraction of sp³-hybridized carbons (Fsp3) is 0.333. The number of aryl methyl sites for hydroxylation is 1. The summed E-state index contributed by atoms with van der Waals surface area (Å²) in [5.74, 6) is -0.263. The van der Waals surface area contributed by atoms with E-state index in [0.29, 0.717) is 23.4 Å². The van der Waals surface area contributed by atoms with Crippen molar-refractivity contribution < 1.29 is 14.6 Å². The largest absolute Gasteiger partial charge is 0.377 e. The average Bonchev–Trinajstić information content (AvgIpc) is 2.56. The van der Waals surface area contributed by atoms with E-state index >= 15 is 0 Å². The molecule has 1 amide bonds. The van der Waals surface area contributed by atoms with E-state index in [-0.39, 0.29) is 5.91 Å². The third-order valence-corrected chi connectivity index (χ3v) is 4.42. The third kappa shape index (κ3) is 2.16. The summed E-state index contributed by atoms with van der Waals surface area (Å²) in [6.45, 7) is 4.27. The van der Waals surface area contributed by atoms with Crippen molar-refractivity contribution in [3.63, 3.8) is 0 Å². The Kier molecular flexibility index (Phi) is 3.92. The molecule has 23 heavy (non-hydrogen) atoms. The van der Waals surface area contributed by atoms with E-state index in [1.165, 1.54) is 7.11 Å². The molecule has 0 aliphatic carbocycles. The number of pyridine rings is 1. The summed E-state index contributed by atoms with van der Waals surface area (Å²) in [5, 5.41) is 11.6. The zero-order valence-corrected chi connectivity index (χ0v) is 13.5. The summed E-state index contributed by atoms with van der Waals surface area (Å²) >= 11 is 0. The first-order valence-corrected chi connectivity index (χ1v) is 7.62. The molecule has 0 radical (unpaired) electrons. The quantitative estimate of drug-likeness (QED) is 0.942. The van der Waals surface area contributed by atoms with Gasteiger partial charge in [0.05, 0.1) is 11.9 Å². The molecule has 1 aliphatic heterocycles. The van der Waals surface area contributed by atoms with Gasteiger partial charge in [-0.15, -0.1) is 0 Å². The Morgan fingerprint density at radius 3 is 2.61 bits per heavy atom. The minimum absolute atomic E-state index is 0.263. The average molecular weight is 312 g/mol. The van der Waals surface area contributed by atoms with Crippen LogP contribution in [-0.4, -0.2) is 35.8 Å². The van der Waals surface area contributed by atoms with Gasteiger partial charge in [0.15, 0.2) is 11.7 Å². The maximum absolute atomic E-state index is 12.9. The van der Waals surface area contributed by atoms with Crippen molar-refractivity contribution in [2.75, 3.05) is 18.6 Å². The van der Waals surface area contributed by atoms with Crippen LogP contribution in [0.5, 0.6) is 0 Å². The Morgan fingerprint density at radius 1 is 1.30 bits per heavy atom. The van der Waals surface area contributed by atoms with Crippen LogP contribution in [0.15, 0.2) is 42.7 Å². The summed E-state index contributed by atoms with van der Waals surface area (Å²) < 4.78 is 5.46. The number of likely N-dealkylation sites (N-methyl/N-ethyl adjacent to an activating group) is 1. The fourth-order valence-electron chi connectivity index (χ4n) is 3.41. The standard InChI is InChI=1S/C18H20N2O3/c1-4-20-14-11-19-10-12(2)15(14)18(22,16(23-3)17(20)21)13-8-6-5-7-9-13/h5-11,16,22H,4H2,1-3H3. The van der Waals surface area contributed by atoms with Gasteiger partial charge in [0.2, 0.25) is 0 Å². The number of nitrogens with zero attached hydrogens (tertiary/aromatic N) is 2. The molecule has 120 valence electrons. The lowest BCUT2D eigenvalue weighted by atomic mass is 9.76. The van der Waals surface area contributed by atoms with E-state index in [1.54, 1.807) is 17.3 Å². The molecular formula is C18H20N2O3. The number of aliphatic hydroxyl groups is 1. The van der Waals surface area contributed by atoms with Gasteiger partial charge in [-0.3, -0.25) is 9.78 Å². The molecule has 3 rings (SSSR count). The van der Waals surface area contributed by atoms with E-state index in [4.69, 9.17) is 4.74 Å². The van der Waals surface area contributed by atoms with Crippen molar-refractivity contribution in [3.8, 4) is 0 Å². The van der Waals surface area contributed by atoms with Crippen molar-refractivity contribution in [2.24, 2.45) is 0 Å².